The predicted octanol–water partition coefficient (Wildman–Crippen LogP) is 3.83. The van der Waals surface area contributed by atoms with Crippen LogP contribution in [0.25, 0.3) is 5.69 Å². The molecule has 3 heterocycles. The number of hydrogen-bond donors (Lipinski definition) is 3. The fourth-order valence-electron chi connectivity index (χ4n) is 3.82. The maximum absolute atomic E-state index is 12.8. The normalized spacial score (nSPS) is 14.5. The van der Waals surface area contributed by atoms with Crippen molar-refractivity contribution >= 4 is 23.4 Å². The highest BCUT2D eigenvalue weighted by atomic mass is 16.7. The van der Waals surface area contributed by atoms with Gasteiger partial charge in [0, 0.05) is 35.3 Å². The molecular formula is C24H25N5O4. The summed E-state index contributed by atoms with van der Waals surface area (Å²) in [6.07, 6.45) is 0.788. The SMILES string of the molecule is CC(C)(C)c1cc(NC(=O)Nc2ccc3c(c2)OCO3)n(-c2ccc3c(c2)C(=O)NCC3)n1. The van der Waals surface area contributed by atoms with Gasteiger partial charge >= 0.3 is 6.03 Å². The number of rotatable bonds is 3. The van der Waals surface area contributed by atoms with Gasteiger partial charge in [-0.25, -0.2) is 9.48 Å². The van der Waals surface area contributed by atoms with Crippen LogP contribution in [0.2, 0.25) is 0 Å². The molecule has 2 aliphatic rings. The summed E-state index contributed by atoms with van der Waals surface area (Å²) in [5.41, 5.74) is 3.47. The van der Waals surface area contributed by atoms with Crippen molar-refractivity contribution in [1.29, 1.82) is 0 Å². The molecule has 3 aromatic rings. The Kier molecular flexibility index (Phi) is 4.96. The molecule has 2 aliphatic heterocycles. The summed E-state index contributed by atoms with van der Waals surface area (Å²) < 4.78 is 12.3. The first-order valence-corrected chi connectivity index (χ1v) is 10.8. The molecule has 33 heavy (non-hydrogen) atoms. The van der Waals surface area contributed by atoms with E-state index < -0.39 is 6.03 Å². The van der Waals surface area contributed by atoms with Gasteiger partial charge in [-0.15, -0.1) is 0 Å². The van der Waals surface area contributed by atoms with Crippen LogP contribution in [0, 0.1) is 0 Å². The summed E-state index contributed by atoms with van der Waals surface area (Å²) >= 11 is 0. The highest BCUT2D eigenvalue weighted by Gasteiger charge is 2.23. The van der Waals surface area contributed by atoms with Crippen LogP contribution in [0.4, 0.5) is 16.3 Å². The summed E-state index contributed by atoms with van der Waals surface area (Å²) in [5, 5.41) is 13.3. The lowest BCUT2D eigenvalue weighted by Gasteiger charge is -2.18. The summed E-state index contributed by atoms with van der Waals surface area (Å²) in [4.78, 5) is 25.2. The number of nitrogens with zero attached hydrogens (tertiary/aromatic N) is 2. The summed E-state index contributed by atoms with van der Waals surface area (Å²) in [7, 11) is 0. The van der Waals surface area contributed by atoms with E-state index in [9.17, 15) is 9.59 Å². The maximum Gasteiger partial charge on any atom is 0.324 e. The Morgan fingerprint density at radius 3 is 2.70 bits per heavy atom. The van der Waals surface area contributed by atoms with Gasteiger partial charge in [0.25, 0.3) is 5.91 Å². The van der Waals surface area contributed by atoms with Gasteiger partial charge in [-0.2, -0.15) is 5.10 Å². The maximum atomic E-state index is 12.8. The zero-order valence-electron chi connectivity index (χ0n) is 18.7. The second-order valence-electron chi connectivity index (χ2n) is 9.07. The van der Waals surface area contributed by atoms with Crippen LogP contribution >= 0.6 is 0 Å². The first kappa shape index (κ1) is 20.9. The van der Waals surface area contributed by atoms with Gasteiger partial charge in [-0.05, 0) is 36.2 Å². The molecule has 3 N–H and O–H groups in total. The average Bonchev–Trinajstić information content (AvgIpc) is 3.40. The fraction of sp³-hybridized carbons (Fsp3) is 0.292. The first-order valence-electron chi connectivity index (χ1n) is 10.8. The number of ether oxygens (including phenoxy) is 2. The van der Waals surface area contributed by atoms with Gasteiger partial charge in [-0.3, -0.25) is 10.1 Å². The Labute approximate surface area is 191 Å². The molecule has 2 aromatic carbocycles. The van der Waals surface area contributed by atoms with Crippen LogP contribution in [-0.4, -0.2) is 35.1 Å². The smallest absolute Gasteiger partial charge is 0.324 e. The lowest BCUT2D eigenvalue weighted by Crippen LogP contribution is -2.31. The Hall–Kier alpha value is -4.01. The van der Waals surface area contributed by atoms with Crippen molar-refractivity contribution in [2.24, 2.45) is 0 Å². The van der Waals surface area contributed by atoms with E-state index in [1.165, 1.54) is 0 Å². The third kappa shape index (κ3) is 4.09. The molecule has 0 saturated heterocycles. The number of nitrogens with one attached hydrogen (secondary N) is 3. The monoisotopic (exact) mass is 447 g/mol. The van der Waals surface area contributed by atoms with Crippen molar-refractivity contribution in [2.45, 2.75) is 32.6 Å². The summed E-state index contributed by atoms with van der Waals surface area (Å²) in [6, 6.07) is 12.3. The molecule has 0 bridgehead atoms. The molecule has 0 aliphatic carbocycles. The molecule has 0 fully saturated rings. The second kappa shape index (κ2) is 7.84. The van der Waals surface area contributed by atoms with E-state index in [2.05, 4.69) is 36.7 Å². The zero-order chi connectivity index (χ0) is 23.2. The van der Waals surface area contributed by atoms with E-state index in [0.29, 0.717) is 40.8 Å². The molecule has 0 radical (unpaired) electrons. The minimum absolute atomic E-state index is 0.101. The molecule has 9 nitrogen and oxygen atoms in total. The van der Waals surface area contributed by atoms with E-state index >= 15 is 0 Å². The number of urea groups is 1. The number of hydrogen-bond acceptors (Lipinski definition) is 5. The lowest BCUT2D eigenvalue weighted by molar-refractivity contribution is 0.0946. The summed E-state index contributed by atoms with van der Waals surface area (Å²) in [5.74, 6) is 1.62. The molecule has 0 atom stereocenters. The van der Waals surface area contributed by atoms with Crippen molar-refractivity contribution in [3.8, 4) is 17.2 Å². The Bertz CT molecular complexity index is 1260. The molecule has 170 valence electrons. The predicted molar refractivity (Wildman–Crippen MR) is 124 cm³/mol. The Morgan fingerprint density at radius 1 is 1.06 bits per heavy atom. The number of anilines is 2. The van der Waals surface area contributed by atoms with Crippen molar-refractivity contribution in [3.63, 3.8) is 0 Å². The topological polar surface area (TPSA) is 107 Å². The number of carbonyl (C=O) groups excluding carboxylic acids is 2. The fourth-order valence-corrected chi connectivity index (χ4v) is 3.82. The quantitative estimate of drug-likeness (QED) is 0.566. The highest BCUT2D eigenvalue weighted by molar-refractivity contribution is 6.00. The zero-order valence-corrected chi connectivity index (χ0v) is 18.7. The van der Waals surface area contributed by atoms with Gasteiger partial charge in [0.2, 0.25) is 6.79 Å². The largest absolute Gasteiger partial charge is 0.454 e. The van der Waals surface area contributed by atoms with E-state index in [0.717, 1.165) is 17.7 Å². The van der Waals surface area contributed by atoms with E-state index in [1.54, 1.807) is 22.9 Å². The minimum Gasteiger partial charge on any atom is -0.454 e. The third-order valence-corrected chi connectivity index (χ3v) is 5.61. The van der Waals surface area contributed by atoms with E-state index in [4.69, 9.17) is 14.6 Å². The van der Waals surface area contributed by atoms with E-state index in [-0.39, 0.29) is 18.1 Å². The minimum atomic E-state index is -0.425. The number of aromatic nitrogens is 2. The highest BCUT2D eigenvalue weighted by Crippen LogP contribution is 2.34. The van der Waals surface area contributed by atoms with Gasteiger partial charge in [-0.1, -0.05) is 26.8 Å². The standard InChI is InChI=1S/C24H25N5O4/c1-24(2,3)20-12-21(27-23(31)26-15-5-7-18-19(10-15)33-13-32-18)29(28-20)16-6-4-14-8-9-25-22(30)17(14)11-16/h4-7,10-12H,8-9,13H2,1-3H3,(H,25,30)(H2,26,27,31). The molecule has 9 heteroatoms. The molecule has 1 aromatic heterocycles. The molecule has 0 spiro atoms. The third-order valence-electron chi connectivity index (χ3n) is 5.61. The van der Waals surface area contributed by atoms with Gasteiger partial charge in [0.1, 0.15) is 5.82 Å². The average molecular weight is 447 g/mol. The molecule has 5 rings (SSSR count). The first-order chi connectivity index (χ1) is 15.8. The molecular weight excluding hydrogens is 422 g/mol. The number of fused-ring (bicyclic) bond motifs is 2. The van der Waals surface area contributed by atoms with Gasteiger partial charge < -0.3 is 20.1 Å². The number of benzene rings is 2. The van der Waals surface area contributed by atoms with Crippen LogP contribution in [-0.2, 0) is 11.8 Å². The van der Waals surface area contributed by atoms with E-state index in [1.807, 2.05) is 24.3 Å². The van der Waals surface area contributed by atoms with Crippen molar-refractivity contribution in [1.82, 2.24) is 15.1 Å². The van der Waals surface area contributed by atoms with Gasteiger partial charge in [0.05, 0.1) is 11.4 Å². The van der Waals surface area contributed by atoms with Crippen LogP contribution < -0.4 is 25.4 Å². The number of carbonyl (C=O) groups is 2. The molecule has 3 amide bonds. The number of amides is 3. The van der Waals surface area contributed by atoms with Crippen LogP contribution in [0.3, 0.4) is 0 Å². The van der Waals surface area contributed by atoms with Crippen molar-refractivity contribution in [3.05, 3.63) is 59.3 Å². The molecule has 0 saturated carbocycles. The lowest BCUT2D eigenvalue weighted by atomic mass is 9.92. The molecule has 0 unspecified atom stereocenters. The van der Waals surface area contributed by atoms with Crippen LogP contribution in [0.15, 0.2) is 42.5 Å². The van der Waals surface area contributed by atoms with Crippen LogP contribution in [0.1, 0.15) is 42.4 Å². The Balaban J connectivity index is 1.45. The van der Waals surface area contributed by atoms with Crippen molar-refractivity contribution in [2.75, 3.05) is 24.0 Å². The van der Waals surface area contributed by atoms with Crippen molar-refractivity contribution < 1.29 is 19.1 Å². The second-order valence-corrected chi connectivity index (χ2v) is 9.07. The van der Waals surface area contributed by atoms with Crippen LogP contribution in [0.5, 0.6) is 11.5 Å². The van der Waals surface area contributed by atoms with Gasteiger partial charge in [0.15, 0.2) is 11.5 Å². The summed E-state index contributed by atoms with van der Waals surface area (Å²) in [6.45, 7) is 6.95. The Morgan fingerprint density at radius 2 is 1.88 bits per heavy atom.